The first-order valence-electron chi connectivity index (χ1n) is 11.5. The second-order valence-corrected chi connectivity index (χ2v) is 10.3. The van der Waals surface area contributed by atoms with Gasteiger partial charge in [0.25, 0.3) is 5.91 Å². The Morgan fingerprint density at radius 3 is 2.29 bits per heavy atom. The van der Waals surface area contributed by atoms with Gasteiger partial charge in [-0.25, -0.2) is 0 Å². The summed E-state index contributed by atoms with van der Waals surface area (Å²) in [4.78, 5) is 40.7. The Kier molecular flexibility index (Phi) is 6.98. The first-order valence-corrected chi connectivity index (χ1v) is 12.5. The van der Waals surface area contributed by atoms with Crippen molar-refractivity contribution in [3.8, 4) is 0 Å². The van der Waals surface area contributed by atoms with Crippen molar-refractivity contribution in [1.82, 2.24) is 5.32 Å². The number of aryl methyl sites for hydroxylation is 2. The maximum absolute atomic E-state index is 13.2. The van der Waals surface area contributed by atoms with Crippen molar-refractivity contribution < 1.29 is 14.4 Å². The molecule has 0 bridgehead atoms. The van der Waals surface area contributed by atoms with Gasteiger partial charge < -0.3 is 10.6 Å². The molecule has 1 aliphatic rings. The maximum atomic E-state index is 13.2. The minimum atomic E-state index is -1.16. The van der Waals surface area contributed by atoms with Crippen LogP contribution >= 0.6 is 11.8 Å². The number of para-hydroxylation sites is 1. The van der Waals surface area contributed by atoms with Gasteiger partial charge in [0.2, 0.25) is 11.8 Å². The summed E-state index contributed by atoms with van der Waals surface area (Å²) in [6.45, 7) is 7.20. The Bertz CT molecular complexity index is 1250. The molecule has 35 heavy (non-hydrogen) atoms. The Morgan fingerprint density at radius 2 is 1.60 bits per heavy atom. The van der Waals surface area contributed by atoms with Crippen LogP contribution in [0.4, 0.5) is 11.4 Å². The summed E-state index contributed by atoms with van der Waals surface area (Å²) in [5, 5.41) is 5.64. The molecule has 0 radical (unpaired) electrons. The van der Waals surface area contributed by atoms with Gasteiger partial charge in [-0.15, -0.1) is 11.8 Å². The Balaban J connectivity index is 1.52. The standard InChI is InChI=1S/C28H29N3O3S/c1-18-10-8-11-19(2)24(18)29-27(34)28(3,4)30-25(33)21-14-9-15-22(16-21)31-23(32)17-35-26(31)20-12-6-5-7-13-20/h5-16,26H,17H2,1-4H3,(H,29,34)(H,30,33)/t26-/m1/s1. The van der Waals surface area contributed by atoms with E-state index in [1.165, 1.54) is 0 Å². The molecule has 1 atom stereocenters. The molecule has 2 N–H and O–H groups in total. The average molecular weight is 488 g/mol. The molecule has 6 nitrogen and oxygen atoms in total. The first-order chi connectivity index (χ1) is 16.7. The molecule has 0 unspecified atom stereocenters. The van der Waals surface area contributed by atoms with E-state index in [0.717, 1.165) is 22.4 Å². The average Bonchev–Trinajstić information content (AvgIpc) is 3.23. The number of hydrogen-bond donors (Lipinski definition) is 2. The van der Waals surface area contributed by atoms with Crippen molar-refractivity contribution in [1.29, 1.82) is 0 Å². The lowest BCUT2D eigenvalue weighted by Crippen LogP contribution is -2.52. The van der Waals surface area contributed by atoms with Gasteiger partial charge in [0.15, 0.2) is 0 Å². The lowest BCUT2D eigenvalue weighted by atomic mass is 10.0. The van der Waals surface area contributed by atoms with Crippen LogP contribution in [0, 0.1) is 13.8 Å². The molecule has 1 aliphatic heterocycles. The third-order valence-corrected chi connectivity index (χ3v) is 7.26. The molecule has 1 fully saturated rings. The summed E-state index contributed by atoms with van der Waals surface area (Å²) in [5.74, 6) is -0.324. The lowest BCUT2D eigenvalue weighted by Gasteiger charge is -2.27. The van der Waals surface area contributed by atoms with Crippen LogP contribution in [0.25, 0.3) is 0 Å². The second kappa shape index (κ2) is 9.96. The fourth-order valence-corrected chi connectivity index (χ4v) is 5.24. The maximum Gasteiger partial charge on any atom is 0.252 e. The quantitative estimate of drug-likeness (QED) is 0.499. The number of anilines is 2. The van der Waals surface area contributed by atoms with Crippen LogP contribution in [0.5, 0.6) is 0 Å². The van der Waals surface area contributed by atoms with Crippen LogP contribution in [0.3, 0.4) is 0 Å². The monoisotopic (exact) mass is 487 g/mol. The van der Waals surface area contributed by atoms with Gasteiger partial charge in [-0.05, 0) is 62.6 Å². The molecular formula is C28H29N3O3S. The highest BCUT2D eigenvalue weighted by atomic mass is 32.2. The Hall–Kier alpha value is -3.58. The third kappa shape index (κ3) is 5.25. The molecule has 0 saturated carbocycles. The summed E-state index contributed by atoms with van der Waals surface area (Å²) < 4.78 is 0. The zero-order chi connectivity index (χ0) is 25.2. The first kappa shape index (κ1) is 24.5. The van der Waals surface area contributed by atoms with E-state index in [4.69, 9.17) is 0 Å². The molecule has 3 aromatic rings. The molecule has 1 saturated heterocycles. The summed E-state index contributed by atoms with van der Waals surface area (Å²) in [7, 11) is 0. The van der Waals surface area contributed by atoms with E-state index in [9.17, 15) is 14.4 Å². The normalized spacial score (nSPS) is 15.7. The van der Waals surface area contributed by atoms with E-state index < -0.39 is 5.54 Å². The second-order valence-electron chi connectivity index (χ2n) is 9.19. The van der Waals surface area contributed by atoms with Gasteiger partial charge in [-0.3, -0.25) is 19.3 Å². The number of amides is 3. The van der Waals surface area contributed by atoms with Crippen molar-refractivity contribution >= 4 is 40.9 Å². The van der Waals surface area contributed by atoms with Crippen LogP contribution in [0.2, 0.25) is 0 Å². The van der Waals surface area contributed by atoms with Crippen LogP contribution in [0.15, 0.2) is 72.8 Å². The van der Waals surface area contributed by atoms with E-state index in [1.54, 1.807) is 48.7 Å². The van der Waals surface area contributed by atoms with Crippen molar-refractivity contribution in [3.05, 3.63) is 95.1 Å². The van der Waals surface area contributed by atoms with Crippen molar-refractivity contribution in [3.63, 3.8) is 0 Å². The number of benzene rings is 3. The van der Waals surface area contributed by atoms with Crippen LogP contribution in [0.1, 0.15) is 46.3 Å². The minimum Gasteiger partial charge on any atom is -0.338 e. The smallest absolute Gasteiger partial charge is 0.252 e. The summed E-state index contributed by atoms with van der Waals surface area (Å²) in [6, 6.07) is 22.6. The predicted molar refractivity (Wildman–Crippen MR) is 142 cm³/mol. The molecule has 0 aliphatic carbocycles. The molecule has 0 spiro atoms. The van der Waals surface area contributed by atoms with Crippen molar-refractivity contribution in [2.75, 3.05) is 16.0 Å². The number of thioether (sulfide) groups is 1. The van der Waals surface area contributed by atoms with E-state index in [-0.39, 0.29) is 23.1 Å². The third-order valence-electron chi connectivity index (χ3n) is 6.05. The van der Waals surface area contributed by atoms with E-state index in [2.05, 4.69) is 10.6 Å². The fraction of sp³-hybridized carbons (Fsp3) is 0.250. The van der Waals surface area contributed by atoms with Crippen molar-refractivity contribution in [2.24, 2.45) is 0 Å². The number of rotatable bonds is 6. The number of hydrogen-bond acceptors (Lipinski definition) is 4. The zero-order valence-corrected chi connectivity index (χ0v) is 21.1. The summed E-state index contributed by atoms with van der Waals surface area (Å²) in [5.41, 5.74) is 3.56. The highest BCUT2D eigenvalue weighted by Gasteiger charge is 2.35. The Labute approximate surface area is 210 Å². The van der Waals surface area contributed by atoms with Gasteiger partial charge in [0.05, 0.1) is 5.75 Å². The highest BCUT2D eigenvalue weighted by Crippen LogP contribution is 2.41. The van der Waals surface area contributed by atoms with Crippen LogP contribution < -0.4 is 15.5 Å². The number of nitrogens with zero attached hydrogens (tertiary/aromatic N) is 1. The van der Waals surface area contributed by atoms with Gasteiger partial charge >= 0.3 is 0 Å². The molecule has 180 valence electrons. The lowest BCUT2D eigenvalue weighted by molar-refractivity contribution is -0.121. The van der Waals surface area contributed by atoms with Gasteiger partial charge in [0, 0.05) is 16.9 Å². The van der Waals surface area contributed by atoms with Crippen LogP contribution in [-0.4, -0.2) is 29.0 Å². The minimum absolute atomic E-state index is 0.00489. The molecule has 3 aromatic carbocycles. The number of nitrogens with one attached hydrogen (secondary N) is 2. The fourth-order valence-electron chi connectivity index (χ4n) is 4.06. The SMILES string of the molecule is Cc1cccc(C)c1NC(=O)C(C)(C)NC(=O)c1cccc(N2C(=O)CS[C@@H]2c2ccccc2)c1. The summed E-state index contributed by atoms with van der Waals surface area (Å²) in [6.07, 6.45) is 0. The molecular weight excluding hydrogens is 458 g/mol. The van der Waals surface area contributed by atoms with E-state index >= 15 is 0 Å². The highest BCUT2D eigenvalue weighted by molar-refractivity contribution is 8.00. The molecule has 1 heterocycles. The van der Waals surface area contributed by atoms with E-state index in [0.29, 0.717) is 17.0 Å². The zero-order valence-electron chi connectivity index (χ0n) is 20.3. The van der Waals surface area contributed by atoms with Gasteiger partial charge in [-0.1, -0.05) is 54.6 Å². The molecule has 0 aromatic heterocycles. The Morgan fingerprint density at radius 1 is 0.943 bits per heavy atom. The van der Waals surface area contributed by atoms with Crippen LogP contribution in [-0.2, 0) is 9.59 Å². The molecule has 7 heteroatoms. The topological polar surface area (TPSA) is 78.5 Å². The number of carbonyl (C=O) groups is 3. The largest absolute Gasteiger partial charge is 0.338 e. The number of carbonyl (C=O) groups excluding carboxylic acids is 3. The molecule has 3 amide bonds. The van der Waals surface area contributed by atoms with Crippen molar-refractivity contribution in [2.45, 2.75) is 38.6 Å². The van der Waals surface area contributed by atoms with E-state index in [1.807, 2.05) is 68.4 Å². The summed E-state index contributed by atoms with van der Waals surface area (Å²) >= 11 is 1.56. The predicted octanol–water partition coefficient (Wildman–Crippen LogP) is 5.23. The van der Waals surface area contributed by atoms with Gasteiger partial charge in [-0.2, -0.15) is 0 Å². The molecule has 4 rings (SSSR count). The van der Waals surface area contributed by atoms with Gasteiger partial charge in [0.1, 0.15) is 10.9 Å².